The molecule has 3 aliphatic heterocycles. The van der Waals surface area contributed by atoms with E-state index in [2.05, 4.69) is 5.32 Å². The molecule has 0 aliphatic carbocycles. The van der Waals surface area contributed by atoms with Crippen molar-refractivity contribution in [2.24, 2.45) is 0 Å². The Kier molecular flexibility index (Phi) is 6.82. The molecule has 3 unspecified atom stereocenters. The number of carbonyl (C=O) groups excluding carboxylic acids is 3. The van der Waals surface area contributed by atoms with Crippen LogP contribution in [0.15, 0.2) is 34.9 Å². The van der Waals surface area contributed by atoms with Crippen LogP contribution >= 0.6 is 35.1 Å². The summed E-state index contributed by atoms with van der Waals surface area (Å²) in [7, 11) is 0. The zero-order valence-electron chi connectivity index (χ0n) is 17.0. The van der Waals surface area contributed by atoms with Gasteiger partial charge in [0.1, 0.15) is 17.1 Å². The molecule has 4 rings (SSSR count). The number of nitrogens with zero attached hydrogens (tertiary/aromatic N) is 2. The number of benzene rings is 1. The van der Waals surface area contributed by atoms with Crippen molar-refractivity contribution in [1.29, 1.82) is 0 Å². The number of fused-ring (bicyclic) bond motifs is 1. The molecule has 2 saturated heterocycles. The average Bonchev–Trinajstić information content (AvgIpc) is 3.15. The summed E-state index contributed by atoms with van der Waals surface area (Å²) >= 11 is 9.19. The summed E-state index contributed by atoms with van der Waals surface area (Å²) in [4.78, 5) is 41.2. The second kappa shape index (κ2) is 8.60. The van der Waals surface area contributed by atoms with E-state index < -0.39 is 34.1 Å². The molecular formula is C19H19ClN3NaO4S2. The predicted octanol–water partition coefficient (Wildman–Crippen LogP) is -1.62. The van der Waals surface area contributed by atoms with Crippen molar-refractivity contribution in [3.05, 3.63) is 39.9 Å². The molecule has 3 atom stereocenters. The molecule has 2 amide bonds. The molecule has 7 nitrogen and oxygen atoms in total. The van der Waals surface area contributed by atoms with Crippen LogP contribution in [0.3, 0.4) is 0 Å². The van der Waals surface area contributed by atoms with E-state index in [4.69, 9.17) is 11.6 Å². The van der Waals surface area contributed by atoms with Gasteiger partial charge in [-0.05, 0) is 32.9 Å². The summed E-state index contributed by atoms with van der Waals surface area (Å²) in [5, 5.41) is 14.4. The van der Waals surface area contributed by atoms with Crippen LogP contribution in [0.4, 0.5) is 5.69 Å². The van der Waals surface area contributed by atoms with Gasteiger partial charge in [0, 0.05) is 9.65 Å². The van der Waals surface area contributed by atoms with Crippen LogP contribution in [-0.4, -0.2) is 50.8 Å². The Labute approximate surface area is 210 Å². The van der Waals surface area contributed by atoms with Crippen LogP contribution in [0.2, 0.25) is 5.02 Å². The van der Waals surface area contributed by atoms with Crippen LogP contribution in [0, 0.1) is 0 Å². The summed E-state index contributed by atoms with van der Waals surface area (Å²) in [6.45, 7) is 5.38. The first-order valence-electron chi connectivity index (χ1n) is 9.01. The molecule has 0 radical (unpaired) electrons. The summed E-state index contributed by atoms with van der Waals surface area (Å²) in [5.74, 6) is -1.51. The molecule has 154 valence electrons. The summed E-state index contributed by atoms with van der Waals surface area (Å²) < 4.78 is -0.694. The number of hydrogen-bond donors (Lipinski definition) is 1. The van der Waals surface area contributed by atoms with Crippen LogP contribution in [-0.2, 0) is 14.4 Å². The molecule has 3 aliphatic rings. The normalized spacial score (nSPS) is 26.8. The number of halogens is 1. The Morgan fingerprint density at radius 3 is 2.60 bits per heavy atom. The van der Waals surface area contributed by atoms with Crippen molar-refractivity contribution in [3.63, 3.8) is 0 Å². The van der Waals surface area contributed by atoms with Gasteiger partial charge in [0.15, 0.2) is 0 Å². The van der Waals surface area contributed by atoms with Crippen LogP contribution in [0.25, 0.3) is 0 Å². The summed E-state index contributed by atoms with van der Waals surface area (Å²) in [5.41, 5.74) is 1.17. The molecule has 11 heteroatoms. The van der Waals surface area contributed by atoms with Gasteiger partial charge in [-0.25, -0.2) is 0 Å². The van der Waals surface area contributed by atoms with Gasteiger partial charge in [0.2, 0.25) is 5.91 Å². The van der Waals surface area contributed by atoms with E-state index in [1.807, 2.05) is 30.0 Å². The number of carboxylic acid groups (broad SMARTS) is 1. The minimum absolute atomic E-state index is 0. The van der Waals surface area contributed by atoms with Crippen molar-refractivity contribution in [2.75, 3.05) is 10.8 Å². The number of amides is 2. The van der Waals surface area contributed by atoms with Gasteiger partial charge in [-0.1, -0.05) is 23.7 Å². The molecule has 30 heavy (non-hydrogen) atoms. The number of carbonyl (C=O) groups is 3. The van der Waals surface area contributed by atoms with Gasteiger partial charge in [-0.2, -0.15) is 0 Å². The first-order valence-corrected chi connectivity index (χ1v) is 11.3. The van der Waals surface area contributed by atoms with E-state index in [9.17, 15) is 19.5 Å². The quantitative estimate of drug-likeness (QED) is 0.413. The van der Waals surface area contributed by atoms with Crippen LogP contribution in [0.5, 0.6) is 0 Å². The average molecular weight is 476 g/mol. The standard InChI is InChI=1S/C19H20ClN3O4S2.Na/c1-9-13(22(8-28-9)11-7-5-4-6-10(11)20)15(24)21-12-16(25)23-14(18(26)27)19(2,3)29-17(12)23;/h4-7,12,14,17H,8H2,1-3H3,(H,21,24)(H,26,27);/q;+1/p-1. The molecule has 3 heterocycles. The Morgan fingerprint density at radius 2 is 1.97 bits per heavy atom. The van der Waals surface area contributed by atoms with Crippen molar-refractivity contribution < 1.29 is 49.0 Å². The third kappa shape index (κ3) is 3.78. The molecule has 1 N–H and O–H groups in total. The van der Waals surface area contributed by atoms with Crippen molar-refractivity contribution in [3.8, 4) is 0 Å². The molecule has 1 aromatic carbocycles. The number of carboxylic acids is 1. The summed E-state index contributed by atoms with van der Waals surface area (Å²) in [6.07, 6.45) is 0. The molecule has 1 aromatic rings. The largest absolute Gasteiger partial charge is 1.00 e. The zero-order valence-corrected chi connectivity index (χ0v) is 21.4. The SMILES string of the molecule is CC1=C(C(=O)NC2C(=O)N3C2SC(C)(C)C3C(=O)[O-])N(c2ccccc2Cl)CS1.[Na+]. The molecule has 0 saturated carbocycles. The Balaban J connectivity index is 0.00000256. The molecule has 0 bridgehead atoms. The van der Waals surface area contributed by atoms with Crippen molar-refractivity contribution in [2.45, 2.75) is 43.0 Å². The Morgan fingerprint density at radius 1 is 1.30 bits per heavy atom. The minimum atomic E-state index is -1.28. The van der Waals surface area contributed by atoms with Crippen LogP contribution in [0.1, 0.15) is 20.8 Å². The first kappa shape index (κ1) is 23.8. The number of nitrogens with one attached hydrogen (secondary N) is 1. The van der Waals surface area contributed by atoms with Crippen molar-refractivity contribution >= 4 is 58.6 Å². The van der Waals surface area contributed by atoms with Gasteiger partial charge in [-0.3, -0.25) is 9.59 Å². The first-order chi connectivity index (χ1) is 13.6. The Bertz CT molecular complexity index is 957. The van der Waals surface area contributed by atoms with E-state index in [0.29, 0.717) is 16.6 Å². The van der Waals surface area contributed by atoms with Gasteiger partial charge >= 0.3 is 29.6 Å². The fraction of sp³-hybridized carbons (Fsp3) is 0.421. The van der Waals surface area contributed by atoms with Gasteiger partial charge in [0.25, 0.3) is 5.91 Å². The maximum atomic E-state index is 13.1. The van der Waals surface area contributed by atoms with Crippen molar-refractivity contribution in [1.82, 2.24) is 10.2 Å². The Hall–Kier alpha value is -0.840. The molecule has 0 spiro atoms. The van der Waals surface area contributed by atoms with E-state index >= 15 is 0 Å². The topological polar surface area (TPSA) is 92.8 Å². The maximum Gasteiger partial charge on any atom is 1.00 e. The summed E-state index contributed by atoms with van der Waals surface area (Å²) in [6, 6.07) is 5.48. The molecular weight excluding hydrogens is 457 g/mol. The van der Waals surface area contributed by atoms with Crippen LogP contribution < -0.4 is 44.9 Å². The number of aliphatic carboxylic acids is 1. The van der Waals surface area contributed by atoms with E-state index in [-0.39, 0.29) is 35.5 Å². The fourth-order valence-corrected chi connectivity index (χ4v) is 6.75. The monoisotopic (exact) mass is 475 g/mol. The number of β-lactam (4-membered cyclic amide) rings is 1. The number of rotatable bonds is 4. The van der Waals surface area contributed by atoms with Gasteiger partial charge < -0.3 is 25.0 Å². The number of anilines is 1. The van der Waals surface area contributed by atoms with E-state index in [1.54, 1.807) is 19.9 Å². The smallest absolute Gasteiger partial charge is 0.548 e. The maximum absolute atomic E-state index is 13.1. The van der Waals surface area contributed by atoms with Gasteiger partial charge in [0.05, 0.1) is 28.6 Å². The molecule has 2 fully saturated rings. The number of allylic oxidation sites excluding steroid dienone is 1. The minimum Gasteiger partial charge on any atom is -0.548 e. The fourth-order valence-electron chi connectivity index (χ4n) is 3.96. The van der Waals surface area contributed by atoms with Gasteiger partial charge in [-0.15, -0.1) is 23.5 Å². The second-order valence-electron chi connectivity index (χ2n) is 7.59. The molecule has 0 aromatic heterocycles. The third-order valence-electron chi connectivity index (χ3n) is 5.32. The predicted molar refractivity (Wildman–Crippen MR) is 112 cm³/mol. The van der Waals surface area contributed by atoms with E-state index in [1.165, 1.54) is 28.4 Å². The third-order valence-corrected chi connectivity index (χ3v) is 8.23. The zero-order chi connectivity index (χ0) is 21.1. The van der Waals surface area contributed by atoms with E-state index in [0.717, 1.165) is 10.6 Å². The number of thioether (sulfide) groups is 2. The number of hydrogen-bond acceptors (Lipinski definition) is 7. The second-order valence-corrected chi connectivity index (χ2v) is 10.9. The number of para-hydroxylation sites is 1.